The number of nitrogens with one attached hydrogen (secondary N) is 2. The average Bonchev–Trinajstić information content (AvgIpc) is 3.25. The molecule has 2 aromatic rings. The van der Waals surface area contributed by atoms with Gasteiger partial charge in [-0.05, 0) is 25.7 Å². The molecule has 0 radical (unpaired) electrons. The molecular weight excluding hydrogens is 472 g/mol. The Morgan fingerprint density at radius 3 is 2.61 bits per heavy atom. The van der Waals surface area contributed by atoms with E-state index in [1.54, 1.807) is 0 Å². The Balaban J connectivity index is 1.84. The summed E-state index contributed by atoms with van der Waals surface area (Å²) in [5, 5.41) is -0.962. The highest BCUT2D eigenvalue weighted by atomic mass is 35.5. The summed E-state index contributed by atoms with van der Waals surface area (Å²) in [5.41, 5.74) is 4.59. The van der Waals surface area contributed by atoms with Crippen LogP contribution in [0.25, 0.3) is 0 Å². The molecule has 33 heavy (non-hydrogen) atoms. The van der Waals surface area contributed by atoms with Crippen LogP contribution in [-0.2, 0) is 14.6 Å². The van der Waals surface area contributed by atoms with Gasteiger partial charge < -0.3 is 9.47 Å². The first-order chi connectivity index (χ1) is 17.2. The molecule has 1 amide bonds. The van der Waals surface area contributed by atoms with E-state index in [-0.39, 0.29) is 28.3 Å². The molecule has 0 bridgehead atoms. The van der Waals surface area contributed by atoms with Crippen molar-refractivity contribution in [2.75, 3.05) is 20.0 Å². The van der Waals surface area contributed by atoms with Crippen molar-refractivity contribution < 1.29 is 28.2 Å². The van der Waals surface area contributed by atoms with Gasteiger partial charge in [0, 0.05) is 31.1 Å². The monoisotopic (exact) mass is 500 g/mol. The number of amidine groups is 1. The molecule has 1 fully saturated rings. The molecule has 178 valence electrons. The SMILES string of the molecule is [2H]C1([2H])C(N=C(CS(=O)(=O)[C@@H](C)[C@H](OC)c2ncc(Cl)cn2)NNC(=O)c2cccc(OC)n2)C1([2H])[2H]. The number of aromatic nitrogens is 3. The van der Waals surface area contributed by atoms with Crippen molar-refractivity contribution in [3.63, 3.8) is 0 Å². The molecule has 0 saturated heterocycles. The maximum atomic E-state index is 13.3. The van der Waals surface area contributed by atoms with Gasteiger partial charge in [0.2, 0.25) is 5.88 Å². The summed E-state index contributed by atoms with van der Waals surface area (Å²) in [4.78, 5) is 28.5. The molecule has 2 N–H and O–H groups in total. The Kier molecular flexibility index (Phi) is 6.46. The van der Waals surface area contributed by atoms with E-state index in [0.717, 1.165) is 0 Å². The number of halogens is 1. The van der Waals surface area contributed by atoms with Crippen LogP contribution in [0.1, 0.15) is 47.6 Å². The Bertz CT molecular complexity index is 1270. The summed E-state index contributed by atoms with van der Waals surface area (Å²) in [5.74, 6) is -1.71. The molecule has 1 aliphatic rings. The molecule has 2 atom stereocenters. The third kappa shape index (κ3) is 6.83. The second-order valence-electron chi connectivity index (χ2n) is 6.84. The predicted molar refractivity (Wildman–Crippen MR) is 122 cm³/mol. The molecule has 1 saturated carbocycles. The largest absolute Gasteiger partial charge is 0.481 e. The van der Waals surface area contributed by atoms with Crippen LogP contribution in [-0.4, -0.2) is 66.4 Å². The Labute approximate surface area is 202 Å². The molecule has 1 aliphatic carbocycles. The van der Waals surface area contributed by atoms with E-state index >= 15 is 0 Å². The van der Waals surface area contributed by atoms with Gasteiger partial charge in [-0.3, -0.25) is 20.6 Å². The lowest BCUT2D eigenvalue weighted by Crippen LogP contribution is -2.46. The maximum absolute atomic E-state index is 13.3. The third-order valence-electron chi connectivity index (χ3n) is 4.52. The van der Waals surface area contributed by atoms with Crippen LogP contribution in [0.4, 0.5) is 0 Å². The number of rotatable bonds is 9. The number of hydrogen-bond acceptors (Lipinski definition) is 9. The molecule has 0 aliphatic heterocycles. The smallest absolute Gasteiger partial charge is 0.288 e. The fourth-order valence-electron chi connectivity index (χ4n) is 2.70. The van der Waals surface area contributed by atoms with Gasteiger partial charge in [0.05, 0.1) is 23.4 Å². The summed E-state index contributed by atoms with van der Waals surface area (Å²) in [6.07, 6.45) is -3.13. The van der Waals surface area contributed by atoms with Crippen molar-refractivity contribution in [3.8, 4) is 5.88 Å². The van der Waals surface area contributed by atoms with Crippen molar-refractivity contribution in [2.45, 2.75) is 37.1 Å². The standard InChI is InChI=1S/C20H25ClN6O5S/c1-12(18(32-3)19-22-9-13(21)10-23-19)33(29,30)11-16(24-14-7-8-14)26-27-20(28)15-5-4-6-17(25-15)31-2/h4-6,9-10,12,14,18H,7-8,11H2,1-3H3,(H,24,26)(H,27,28)/t12-,18-/m0/s1/i7D2,8D2. The normalized spacial score (nSPS) is 20.9. The Morgan fingerprint density at radius 1 is 1.30 bits per heavy atom. The first-order valence-corrected chi connectivity index (χ1v) is 11.7. The lowest BCUT2D eigenvalue weighted by molar-refractivity contribution is 0.0936. The number of methoxy groups -OCH3 is 2. The summed E-state index contributed by atoms with van der Waals surface area (Å²) in [7, 11) is -1.45. The lowest BCUT2D eigenvalue weighted by Gasteiger charge is -2.22. The van der Waals surface area contributed by atoms with Crippen LogP contribution in [0.5, 0.6) is 5.88 Å². The summed E-state index contributed by atoms with van der Waals surface area (Å²) >= 11 is 5.80. The number of nitrogens with zero attached hydrogens (tertiary/aromatic N) is 4. The molecule has 11 nitrogen and oxygen atoms in total. The van der Waals surface area contributed by atoms with E-state index in [2.05, 4.69) is 30.8 Å². The van der Waals surface area contributed by atoms with Gasteiger partial charge in [-0.1, -0.05) is 17.7 Å². The van der Waals surface area contributed by atoms with E-state index in [4.69, 9.17) is 26.6 Å². The van der Waals surface area contributed by atoms with Crippen LogP contribution in [0.15, 0.2) is 35.6 Å². The highest BCUT2D eigenvalue weighted by Crippen LogP contribution is 2.26. The number of sulfone groups is 1. The minimum atomic E-state index is -4.11. The number of carbonyl (C=O) groups excluding carboxylic acids is 1. The second-order valence-corrected chi connectivity index (χ2v) is 9.63. The van der Waals surface area contributed by atoms with Crippen molar-refractivity contribution in [3.05, 3.63) is 47.1 Å². The zero-order valence-corrected chi connectivity index (χ0v) is 19.5. The van der Waals surface area contributed by atoms with Gasteiger partial charge >= 0.3 is 0 Å². The van der Waals surface area contributed by atoms with Crippen LogP contribution in [0, 0.1) is 0 Å². The number of pyridine rings is 1. The number of ether oxygens (including phenoxy) is 2. The quantitative estimate of drug-likeness (QED) is 0.297. The first-order valence-electron chi connectivity index (χ1n) is 11.6. The van der Waals surface area contributed by atoms with E-state index in [0.29, 0.717) is 0 Å². The van der Waals surface area contributed by atoms with Gasteiger partial charge in [0.25, 0.3) is 5.91 Å². The van der Waals surface area contributed by atoms with Crippen molar-refractivity contribution >= 4 is 33.2 Å². The molecule has 2 heterocycles. The van der Waals surface area contributed by atoms with E-state index in [1.165, 1.54) is 51.7 Å². The van der Waals surface area contributed by atoms with Crippen LogP contribution < -0.4 is 15.6 Å². The van der Waals surface area contributed by atoms with Crippen molar-refractivity contribution in [2.24, 2.45) is 4.99 Å². The summed E-state index contributed by atoms with van der Waals surface area (Å²) in [6.45, 7) is 1.37. The topological polar surface area (TPSA) is 145 Å². The molecule has 0 aromatic carbocycles. The van der Waals surface area contributed by atoms with Gasteiger partial charge in [-0.25, -0.2) is 23.4 Å². The fourth-order valence-corrected chi connectivity index (χ4v) is 4.20. The highest BCUT2D eigenvalue weighted by Gasteiger charge is 2.34. The first kappa shape index (κ1) is 19.6. The molecule has 0 spiro atoms. The van der Waals surface area contributed by atoms with Gasteiger partial charge in [0.15, 0.2) is 15.7 Å². The van der Waals surface area contributed by atoms with E-state index < -0.39 is 51.6 Å². The zero-order chi connectivity index (χ0) is 27.6. The van der Waals surface area contributed by atoms with Crippen LogP contribution >= 0.6 is 11.6 Å². The Morgan fingerprint density at radius 2 is 2.00 bits per heavy atom. The van der Waals surface area contributed by atoms with Crippen molar-refractivity contribution in [1.29, 1.82) is 0 Å². The minimum Gasteiger partial charge on any atom is -0.481 e. The molecule has 13 heteroatoms. The molecule has 0 unspecified atom stereocenters. The second kappa shape index (κ2) is 10.9. The lowest BCUT2D eigenvalue weighted by atomic mass is 10.2. The average molecular weight is 501 g/mol. The van der Waals surface area contributed by atoms with Gasteiger partial charge in [-0.15, -0.1) is 0 Å². The van der Waals surface area contributed by atoms with E-state index in [9.17, 15) is 13.2 Å². The molecular formula is C20H25ClN6O5S. The molecule has 3 rings (SSSR count). The fraction of sp³-hybridized carbons (Fsp3) is 0.450. The molecule has 2 aromatic heterocycles. The third-order valence-corrected chi connectivity index (χ3v) is 6.77. The van der Waals surface area contributed by atoms with Gasteiger partial charge in [0.1, 0.15) is 23.4 Å². The zero-order valence-electron chi connectivity index (χ0n) is 21.9. The van der Waals surface area contributed by atoms with Gasteiger partial charge in [-0.2, -0.15) is 0 Å². The minimum absolute atomic E-state index is 0.0566. The maximum Gasteiger partial charge on any atom is 0.288 e. The van der Waals surface area contributed by atoms with Crippen LogP contribution in [0.3, 0.4) is 0 Å². The summed E-state index contributed by atoms with van der Waals surface area (Å²) < 4.78 is 68.0. The van der Waals surface area contributed by atoms with E-state index in [1.807, 2.05) is 0 Å². The predicted octanol–water partition coefficient (Wildman–Crippen LogP) is 1.52. The van der Waals surface area contributed by atoms with Crippen molar-refractivity contribution in [1.82, 2.24) is 25.8 Å². The Hall–Kier alpha value is -2.83. The number of carbonyl (C=O) groups is 1. The number of hydrazine groups is 1. The van der Waals surface area contributed by atoms with Crippen LogP contribution in [0.2, 0.25) is 5.02 Å². The number of hydrogen-bond donors (Lipinski definition) is 2. The number of aliphatic imine (C=N–C) groups is 1. The highest BCUT2D eigenvalue weighted by molar-refractivity contribution is 7.92. The summed E-state index contributed by atoms with van der Waals surface area (Å²) in [6, 6.07) is 2.96. The number of amides is 1.